The van der Waals surface area contributed by atoms with E-state index in [0.717, 1.165) is 11.3 Å². The first-order chi connectivity index (χ1) is 13.0. The summed E-state index contributed by atoms with van der Waals surface area (Å²) in [5.74, 6) is 0.686. The third-order valence-electron chi connectivity index (χ3n) is 3.76. The summed E-state index contributed by atoms with van der Waals surface area (Å²) in [6.07, 6.45) is -0.836. The summed E-state index contributed by atoms with van der Waals surface area (Å²) in [7, 11) is 1.60. The minimum absolute atomic E-state index is 0.0425. The van der Waals surface area contributed by atoms with Gasteiger partial charge in [-0.3, -0.25) is 4.79 Å². The van der Waals surface area contributed by atoms with Gasteiger partial charge in [0.25, 0.3) is 0 Å². The van der Waals surface area contributed by atoms with Crippen molar-refractivity contribution in [1.29, 1.82) is 0 Å². The first-order valence-corrected chi connectivity index (χ1v) is 8.52. The Bertz CT molecular complexity index is 761. The summed E-state index contributed by atoms with van der Waals surface area (Å²) in [5, 5.41) is 15.1. The topological polar surface area (TPSA) is 96.9 Å². The Morgan fingerprint density at radius 1 is 1.15 bits per heavy atom. The van der Waals surface area contributed by atoms with Crippen LogP contribution in [-0.2, 0) is 11.3 Å². The van der Waals surface area contributed by atoms with Crippen LogP contribution in [-0.4, -0.2) is 43.3 Å². The number of aliphatic hydroxyl groups is 1. The molecule has 2 aromatic carbocycles. The third kappa shape index (κ3) is 7.08. The highest BCUT2D eigenvalue weighted by atomic mass is 16.5. The van der Waals surface area contributed by atoms with Crippen molar-refractivity contribution in [2.75, 3.05) is 25.6 Å². The highest BCUT2D eigenvalue weighted by Gasteiger charge is 2.09. The molecule has 3 N–H and O–H groups in total. The van der Waals surface area contributed by atoms with E-state index in [4.69, 9.17) is 9.47 Å². The van der Waals surface area contributed by atoms with Gasteiger partial charge < -0.3 is 25.2 Å². The number of hydrogen-bond acceptors (Lipinski definition) is 5. The number of urea groups is 1. The van der Waals surface area contributed by atoms with Crippen LogP contribution in [0.4, 0.5) is 10.5 Å². The second kappa shape index (κ2) is 10.3. The zero-order valence-corrected chi connectivity index (χ0v) is 15.4. The normalized spacial score (nSPS) is 11.5. The van der Waals surface area contributed by atoms with Gasteiger partial charge in [-0.05, 0) is 36.8 Å². The zero-order chi connectivity index (χ0) is 19.6. The van der Waals surface area contributed by atoms with Crippen LogP contribution in [0, 0.1) is 0 Å². The molecule has 27 heavy (non-hydrogen) atoms. The van der Waals surface area contributed by atoms with Crippen LogP contribution in [0.2, 0.25) is 0 Å². The van der Waals surface area contributed by atoms with Crippen molar-refractivity contribution in [3.63, 3.8) is 0 Å². The number of carbonyl (C=O) groups is 2. The van der Waals surface area contributed by atoms with Gasteiger partial charge in [-0.25, -0.2) is 4.79 Å². The van der Waals surface area contributed by atoms with Crippen LogP contribution in [0.5, 0.6) is 5.75 Å². The van der Waals surface area contributed by atoms with E-state index in [1.54, 1.807) is 31.4 Å². The van der Waals surface area contributed by atoms with Gasteiger partial charge in [-0.15, -0.1) is 0 Å². The predicted molar refractivity (Wildman–Crippen MR) is 102 cm³/mol. The Hall–Kier alpha value is -2.90. The van der Waals surface area contributed by atoms with Gasteiger partial charge in [0.15, 0.2) is 5.78 Å². The monoisotopic (exact) mass is 372 g/mol. The molecule has 0 heterocycles. The van der Waals surface area contributed by atoms with E-state index in [2.05, 4.69) is 10.6 Å². The summed E-state index contributed by atoms with van der Waals surface area (Å²) < 4.78 is 10.5. The number of benzene rings is 2. The van der Waals surface area contributed by atoms with Crippen LogP contribution in [0.3, 0.4) is 0 Å². The van der Waals surface area contributed by atoms with E-state index in [-0.39, 0.29) is 18.9 Å². The molecule has 0 aromatic heterocycles. The van der Waals surface area contributed by atoms with Crippen LogP contribution in [0.25, 0.3) is 0 Å². The van der Waals surface area contributed by atoms with Gasteiger partial charge in [-0.1, -0.05) is 24.3 Å². The molecule has 0 fully saturated rings. The molecule has 0 aliphatic heterocycles. The van der Waals surface area contributed by atoms with Crippen molar-refractivity contribution in [2.24, 2.45) is 0 Å². The van der Waals surface area contributed by atoms with E-state index >= 15 is 0 Å². The molecule has 7 nitrogen and oxygen atoms in total. The highest BCUT2D eigenvalue weighted by molar-refractivity contribution is 5.96. The van der Waals surface area contributed by atoms with Gasteiger partial charge in [0.1, 0.15) is 5.75 Å². The fraction of sp³-hybridized carbons (Fsp3) is 0.300. The first-order valence-electron chi connectivity index (χ1n) is 8.52. The van der Waals surface area contributed by atoms with Crippen LogP contribution >= 0.6 is 0 Å². The Morgan fingerprint density at radius 2 is 1.89 bits per heavy atom. The molecule has 2 amide bonds. The maximum atomic E-state index is 11.9. The summed E-state index contributed by atoms with van der Waals surface area (Å²) in [6, 6.07) is 13.6. The van der Waals surface area contributed by atoms with Gasteiger partial charge >= 0.3 is 6.03 Å². The fourth-order valence-electron chi connectivity index (χ4n) is 2.30. The van der Waals surface area contributed by atoms with E-state index in [1.807, 2.05) is 24.3 Å². The number of nitrogens with one attached hydrogen (secondary N) is 2. The molecule has 7 heteroatoms. The summed E-state index contributed by atoms with van der Waals surface area (Å²) in [6.45, 7) is 1.94. The van der Waals surface area contributed by atoms with E-state index in [9.17, 15) is 14.7 Å². The molecule has 0 saturated carbocycles. The third-order valence-corrected chi connectivity index (χ3v) is 3.76. The second-order valence-corrected chi connectivity index (χ2v) is 5.99. The number of methoxy groups -OCH3 is 1. The molecule has 144 valence electrons. The van der Waals surface area contributed by atoms with Gasteiger partial charge in [0.05, 0.1) is 26.4 Å². The molecule has 0 saturated heterocycles. The lowest BCUT2D eigenvalue weighted by molar-refractivity contribution is 0.0302. The quantitative estimate of drug-likeness (QED) is 0.588. The minimum Gasteiger partial charge on any atom is -0.497 e. The van der Waals surface area contributed by atoms with E-state index < -0.39 is 12.1 Å². The van der Waals surface area contributed by atoms with Crippen molar-refractivity contribution < 1.29 is 24.2 Å². The SMILES string of the molecule is COc1ccc(COCC(O)CNC(=O)Nc2cccc(C(C)=O)c2)cc1. The van der Waals surface area contributed by atoms with Crippen molar-refractivity contribution in [3.8, 4) is 5.75 Å². The Labute approximate surface area is 158 Å². The lowest BCUT2D eigenvalue weighted by Gasteiger charge is -2.13. The van der Waals surface area contributed by atoms with Gasteiger partial charge in [0, 0.05) is 17.8 Å². The molecule has 0 aliphatic rings. The Kier molecular flexibility index (Phi) is 7.79. The molecule has 2 aromatic rings. The maximum absolute atomic E-state index is 11.9. The summed E-state index contributed by atoms with van der Waals surface area (Å²) in [5.41, 5.74) is 1.98. The van der Waals surface area contributed by atoms with Crippen molar-refractivity contribution in [1.82, 2.24) is 5.32 Å². The zero-order valence-electron chi connectivity index (χ0n) is 15.4. The molecule has 1 unspecified atom stereocenters. The molecule has 0 radical (unpaired) electrons. The number of ether oxygens (including phenoxy) is 2. The number of ketones is 1. The molecule has 0 bridgehead atoms. The van der Waals surface area contributed by atoms with Gasteiger partial charge in [-0.2, -0.15) is 0 Å². The molecule has 0 spiro atoms. The number of rotatable bonds is 9. The van der Waals surface area contributed by atoms with Crippen LogP contribution < -0.4 is 15.4 Å². The molecule has 0 aliphatic carbocycles. The summed E-state index contributed by atoms with van der Waals surface area (Å²) >= 11 is 0. The lowest BCUT2D eigenvalue weighted by Crippen LogP contribution is -2.37. The van der Waals surface area contributed by atoms with E-state index in [1.165, 1.54) is 6.92 Å². The first kappa shape index (κ1) is 20.4. The number of Topliss-reactive ketones (excluding diaryl/α,β-unsaturated/α-hetero) is 1. The number of amides is 2. The number of aliphatic hydroxyl groups excluding tert-OH is 1. The predicted octanol–water partition coefficient (Wildman–Crippen LogP) is 2.60. The molecule has 2 rings (SSSR count). The smallest absolute Gasteiger partial charge is 0.319 e. The molecular weight excluding hydrogens is 348 g/mol. The van der Waals surface area contributed by atoms with E-state index in [0.29, 0.717) is 17.9 Å². The minimum atomic E-state index is -0.836. The fourth-order valence-corrected chi connectivity index (χ4v) is 2.30. The van der Waals surface area contributed by atoms with Crippen LogP contribution in [0.15, 0.2) is 48.5 Å². The average molecular weight is 372 g/mol. The largest absolute Gasteiger partial charge is 0.497 e. The number of carbonyl (C=O) groups excluding carboxylic acids is 2. The highest BCUT2D eigenvalue weighted by Crippen LogP contribution is 2.12. The van der Waals surface area contributed by atoms with Crippen LogP contribution in [0.1, 0.15) is 22.8 Å². The number of hydrogen-bond donors (Lipinski definition) is 3. The van der Waals surface area contributed by atoms with Crippen molar-refractivity contribution in [2.45, 2.75) is 19.6 Å². The summed E-state index contributed by atoms with van der Waals surface area (Å²) in [4.78, 5) is 23.2. The molecule has 1 atom stereocenters. The second-order valence-electron chi connectivity index (χ2n) is 5.99. The Balaban J connectivity index is 1.68. The Morgan fingerprint density at radius 3 is 2.56 bits per heavy atom. The standard InChI is InChI=1S/C20H24N2O5/c1-14(23)16-4-3-5-17(10-16)22-20(25)21-11-18(24)13-27-12-15-6-8-19(26-2)9-7-15/h3-10,18,24H,11-13H2,1-2H3,(H2,21,22,25). The maximum Gasteiger partial charge on any atom is 0.319 e. The average Bonchev–Trinajstić information content (AvgIpc) is 2.67. The lowest BCUT2D eigenvalue weighted by atomic mass is 10.1. The number of anilines is 1. The van der Waals surface area contributed by atoms with Crippen molar-refractivity contribution in [3.05, 3.63) is 59.7 Å². The molecular formula is C20H24N2O5. The van der Waals surface area contributed by atoms with Gasteiger partial charge in [0.2, 0.25) is 0 Å². The van der Waals surface area contributed by atoms with Crippen molar-refractivity contribution >= 4 is 17.5 Å².